The van der Waals surface area contributed by atoms with Crippen molar-refractivity contribution in [2.45, 2.75) is 269 Å². The van der Waals surface area contributed by atoms with Crippen LogP contribution in [0.15, 0.2) is 0 Å². The first-order valence-corrected chi connectivity index (χ1v) is 29.0. The van der Waals surface area contributed by atoms with Crippen LogP contribution in [0.25, 0.3) is 0 Å². The van der Waals surface area contributed by atoms with E-state index in [1.807, 2.05) is 96.9 Å². The Hall–Kier alpha value is -1.75. The minimum Gasteiger partial charge on any atom is -0.466 e. The van der Waals surface area contributed by atoms with Gasteiger partial charge in [0.15, 0.2) is 0 Å². The summed E-state index contributed by atoms with van der Waals surface area (Å²) >= 11 is 0. The standard InChI is InChI=1S/C8H10O2.C7H10O2.C7H12O.C6H10O2.C6H12O.C5H10O.C4H8O.7C2H6/c9-8-6-2-4-1-5(6)7(3-4)10-8;8-7-5-2-1-3-6(4-5)9-7;1-2-6-4-7(3-1)8-5-6;7-6-4-2-1-3-5-8-6;1-2-4-6-7-5-3-1;1-2-4-6-5-3-1;1-2-4-5-3-1;7*1-2/h4-7H,1-3H2;5-6H,1-4H2;6-7H,1-5H2;1-5H2;1-6H2;1-5H2;1-4H2;7*1-2H3. The largest absolute Gasteiger partial charge is 0.466 e. The monoisotopic (exact) mass is 959 g/mol. The van der Waals surface area contributed by atoms with Gasteiger partial charge in [-0.2, -0.15) is 0 Å². The lowest BCUT2D eigenvalue weighted by Gasteiger charge is -2.14. The average Bonchev–Trinajstić information content (AvgIpc) is 4.25. The van der Waals surface area contributed by atoms with Crippen molar-refractivity contribution < 1.29 is 47.5 Å². The molecule has 10 heteroatoms. The second-order valence-corrected chi connectivity index (χ2v) is 16.8. The lowest BCUT2D eigenvalue weighted by atomic mass is 9.90. The van der Waals surface area contributed by atoms with Crippen molar-refractivity contribution in [3.8, 4) is 0 Å². The van der Waals surface area contributed by atoms with Gasteiger partial charge in [0.25, 0.3) is 0 Å². The first-order chi connectivity index (χ1) is 33.0. The molecule has 8 atom stereocenters. The Bertz CT molecular complexity index is 983. The van der Waals surface area contributed by atoms with Gasteiger partial charge in [-0.1, -0.05) is 116 Å². The summed E-state index contributed by atoms with van der Waals surface area (Å²) < 4.78 is 35.7. The minimum atomic E-state index is -0.0255. The third kappa shape index (κ3) is 33.5. The molecule has 0 radical (unpaired) electrons. The summed E-state index contributed by atoms with van der Waals surface area (Å²) in [5.74, 6) is 3.08. The fraction of sp³-hybridized carbons (Fsp3) is 0.947. The van der Waals surface area contributed by atoms with E-state index >= 15 is 0 Å². The predicted molar refractivity (Wildman–Crippen MR) is 281 cm³/mol. The average molecular weight is 960 g/mol. The van der Waals surface area contributed by atoms with Gasteiger partial charge in [-0.25, -0.2) is 0 Å². The van der Waals surface area contributed by atoms with Gasteiger partial charge in [0.2, 0.25) is 0 Å². The molecule has 4 aliphatic carbocycles. The van der Waals surface area contributed by atoms with Gasteiger partial charge < -0.3 is 33.2 Å². The zero-order chi connectivity index (χ0) is 50.9. The van der Waals surface area contributed by atoms with Gasteiger partial charge >= 0.3 is 17.9 Å². The molecule has 11 aliphatic rings. The molecule has 10 nitrogen and oxygen atoms in total. The Morgan fingerprint density at radius 2 is 0.866 bits per heavy atom. The Balaban J connectivity index is -0.000000688. The number of cyclic esters (lactones) is 1. The molecule has 8 unspecified atom stereocenters. The van der Waals surface area contributed by atoms with Crippen LogP contribution in [-0.4, -0.2) is 89.1 Å². The van der Waals surface area contributed by atoms with E-state index in [-0.39, 0.29) is 29.9 Å². The Kier molecular flexibility index (Phi) is 54.0. The van der Waals surface area contributed by atoms with Crippen LogP contribution < -0.4 is 0 Å². The Labute approximate surface area is 415 Å². The molecule has 7 heterocycles. The molecule has 0 amide bonds. The van der Waals surface area contributed by atoms with E-state index in [0.717, 1.165) is 109 Å². The normalized spacial score (nSPS) is 28.8. The van der Waals surface area contributed by atoms with Gasteiger partial charge in [0.1, 0.15) is 12.2 Å². The van der Waals surface area contributed by atoms with Gasteiger partial charge in [-0.05, 0) is 140 Å². The molecular weight excluding hydrogens is 845 g/mol. The fourth-order valence-corrected chi connectivity index (χ4v) is 9.34. The van der Waals surface area contributed by atoms with Crippen molar-refractivity contribution in [2.75, 3.05) is 52.9 Å². The van der Waals surface area contributed by atoms with E-state index in [4.69, 9.17) is 33.2 Å². The molecule has 0 N–H and O–H groups in total. The summed E-state index contributed by atoms with van der Waals surface area (Å²) in [5, 5.41) is 0. The van der Waals surface area contributed by atoms with E-state index in [2.05, 4.69) is 0 Å². The van der Waals surface area contributed by atoms with Crippen LogP contribution in [-0.2, 0) is 47.5 Å². The van der Waals surface area contributed by atoms with Crippen molar-refractivity contribution >= 4 is 17.9 Å². The van der Waals surface area contributed by atoms with Crippen LogP contribution in [0.1, 0.15) is 251 Å². The zero-order valence-corrected chi connectivity index (χ0v) is 46.8. The number of carbonyl (C=O) groups is 3. The highest BCUT2D eigenvalue weighted by atomic mass is 16.6. The van der Waals surface area contributed by atoms with E-state index in [1.165, 1.54) is 96.3 Å². The van der Waals surface area contributed by atoms with E-state index < -0.39 is 0 Å². The fourth-order valence-electron chi connectivity index (χ4n) is 9.34. The molecule has 11 rings (SSSR count). The highest BCUT2D eigenvalue weighted by Crippen LogP contribution is 2.54. The molecule has 402 valence electrons. The van der Waals surface area contributed by atoms with Gasteiger partial charge in [0.05, 0.1) is 24.5 Å². The molecule has 6 bridgehead atoms. The van der Waals surface area contributed by atoms with Gasteiger partial charge in [-0.15, -0.1) is 0 Å². The number of hydrogen-bond donors (Lipinski definition) is 0. The molecule has 4 saturated carbocycles. The molecule has 7 aliphatic heterocycles. The summed E-state index contributed by atoms with van der Waals surface area (Å²) in [4.78, 5) is 32.4. The number of carbonyl (C=O) groups excluding carboxylic acids is 3. The minimum absolute atomic E-state index is 0.0255. The summed E-state index contributed by atoms with van der Waals surface area (Å²) in [7, 11) is 0. The van der Waals surface area contributed by atoms with E-state index in [9.17, 15) is 14.4 Å². The number of hydrogen-bond acceptors (Lipinski definition) is 10. The predicted octanol–water partition coefficient (Wildman–Crippen LogP) is 15.5. The second-order valence-electron chi connectivity index (χ2n) is 16.8. The highest BCUT2D eigenvalue weighted by Gasteiger charge is 2.56. The van der Waals surface area contributed by atoms with Crippen molar-refractivity contribution in [1.29, 1.82) is 0 Å². The first kappa shape index (κ1) is 69.5. The summed E-state index contributed by atoms with van der Waals surface area (Å²) in [6, 6.07) is 0. The lowest BCUT2D eigenvalue weighted by molar-refractivity contribution is -0.144. The second kappa shape index (κ2) is 52.1. The number of fused-ring (bicyclic) bond motifs is 5. The first-order valence-electron chi connectivity index (χ1n) is 29.0. The zero-order valence-electron chi connectivity index (χ0n) is 46.8. The third-order valence-corrected chi connectivity index (χ3v) is 12.4. The summed E-state index contributed by atoms with van der Waals surface area (Å²) in [6.07, 6.45) is 30.3. The van der Waals surface area contributed by atoms with Crippen LogP contribution in [0.5, 0.6) is 0 Å². The topological polar surface area (TPSA) is 116 Å². The molecule has 0 spiro atoms. The molecule has 0 aromatic carbocycles. The quantitative estimate of drug-likeness (QED) is 0.172. The van der Waals surface area contributed by atoms with Crippen LogP contribution in [0.2, 0.25) is 0 Å². The Morgan fingerprint density at radius 1 is 0.388 bits per heavy atom. The number of esters is 3. The molecule has 0 aromatic rings. The van der Waals surface area contributed by atoms with Crippen LogP contribution in [0.4, 0.5) is 0 Å². The van der Waals surface area contributed by atoms with Gasteiger partial charge in [0, 0.05) is 58.6 Å². The maximum atomic E-state index is 11.1. The van der Waals surface area contributed by atoms with Crippen LogP contribution in [0.3, 0.4) is 0 Å². The maximum Gasteiger partial charge on any atom is 0.309 e. The van der Waals surface area contributed by atoms with E-state index in [1.54, 1.807) is 0 Å². The highest BCUT2D eigenvalue weighted by molar-refractivity contribution is 5.76. The molecule has 0 aromatic heterocycles. The van der Waals surface area contributed by atoms with Crippen molar-refractivity contribution in [1.82, 2.24) is 0 Å². The number of rotatable bonds is 0. The number of ether oxygens (including phenoxy) is 7. The SMILES string of the molecule is C1CC2COC(C1)C2.C1CCCOCC1.C1CCOC1.C1CCOCC1.CC.CC.CC.CC.CC.CC.CC.O=C1CCCCCO1.O=C1OC2CC3CC1C2C3.O=C1OC2CCCC1C2. The van der Waals surface area contributed by atoms with Crippen molar-refractivity contribution in [3.63, 3.8) is 0 Å². The summed E-state index contributed by atoms with van der Waals surface area (Å²) in [6.45, 7) is 35.7. The third-order valence-electron chi connectivity index (χ3n) is 12.4. The Morgan fingerprint density at radius 3 is 1.30 bits per heavy atom. The molecule has 7 saturated heterocycles. The van der Waals surface area contributed by atoms with Gasteiger partial charge in [-0.3, -0.25) is 14.4 Å². The van der Waals surface area contributed by atoms with Crippen LogP contribution >= 0.6 is 0 Å². The smallest absolute Gasteiger partial charge is 0.309 e. The van der Waals surface area contributed by atoms with E-state index in [0.29, 0.717) is 37.1 Å². The lowest BCUT2D eigenvalue weighted by Crippen LogP contribution is -2.15. The molecular formula is C57H114O10. The van der Waals surface area contributed by atoms with Crippen molar-refractivity contribution in [2.24, 2.45) is 29.6 Å². The molecule has 11 fully saturated rings. The summed E-state index contributed by atoms with van der Waals surface area (Å²) in [5.41, 5.74) is 0. The molecule has 67 heavy (non-hydrogen) atoms. The van der Waals surface area contributed by atoms with Crippen LogP contribution in [0, 0.1) is 29.6 Å². The van der Waals surface area contributed by atoms with Crippen molar-refractivity contribution in [3.05, 3.63) is 0 Å². The maximum absolute atomic E-state index is 11.1.